The van der Waals surface area contributed by atoms with Crippen LogP contribution in [-0.2, 0) is 26.2 Å². The predicted octanol–water partition coefficient (Wildman–Crippen LogP) is -1.90. The van der Waals surface area contributed by atoms with Gasteiger partial charge in [-0.25, -0.2) is 0 Å². The first-order valence-corrected chi connectivity index (χ1v) is 8.35. The summed E-state index contributed by atoms with van der Waals surface area (Å²) in [6.45, 7) is 4.82. The van der Waals surface area contributed by atoms with Gasteiger partial charge in [0.25, 0.3) is 0 Å². The van der Waals surface area contributed by atoms with Gasteiger partial charge in [0.2, 0.25) is 0 Å². The Hall–Kier alpha value is 0.120. The summed E-state index contributed by atoms with van der Waals surface area (Å²) >= 11 is 0. The van der Waals surface area contributed by atoms with Crippen LogP contribution in [0.15, 0.2) is 48.5 Å². The van der Waals surface area contributed by atoms with Crippen LogP contribution in [0.5, 0.6) is 0 Å². The van der Waals surface area contributed by atoms with E-state index in [-0.39, 0.29) is 59.8 Å². The molecule has 0 spiro atoms. The van der Waals surface area contributed by atoms with Crippen molar-refractivity contribution < 1.29 is 51.0 Å². The Labute approximate surface area is 148 Å². The van der Waals surface area contributed by atoms with Crippen molar-refractivity contribution in [1.29, 1.82) is 0 Å². The second-order valence-corrected chi connectivity index (χ2v) is 7.42. The van der Waals surface area contributed by atoms with Crippen LogP contribution in [0.2, 0.25) is 13.1 Å². The smallest absolute Gasteiger partial charge is 1.00 e. The third kappa shape index (κ3) is 3.24. The molecule has 0 aromatic heterocycles. The fourth-order valence-corrected chi connectivity index (χ4v) is 4.53. The van der Waals surface area contributed by atoms with E-state index in [9.17, 15) is 0 Å². The summed E-state index contributed by atoms with van der Waals surface area (Å²) in [5.74, 6) is 0. The molecular weight excluding hydrogens is 370 g/mol. The van der Waals surface area contributed by atoms with Crippen molar-refractivity contribution in [3.63, 3.8) is 0 Å². The van der Waals surface area contributed by atoms with Crippen LogP contribution in [-0.4, -0.2) is 8.80 Å². The summed E-state index contributed by atoms with van der Waals surface area (Å²) in [5.41, 5.74) is 6.67. The maximum atomic E-state index is 2.41. The van der Waals surface area contributed by atoms with Crippen molar-refractivity contribution in [3.8, 4) is 11.1 Å². The van der Waals surface area contributed by atoms with E-state index in [4.69, 9.17) is 0 Å². The van der Waals surface area contributed by atoms with Gasteiger partial charge in [0.05, 0.1) is 8.80 Å². The molecule has 0 nitrogen and oxygen atoms in total. The molecule has 1 radical (unpaired) electrons. The maximum Gasteiger partial charge on any atom is 2.00 e. The minimum Gasteiger partial charge on any atom is -1.00 e. The van der Waals surface area contributed by atoms with Crippen molar-refractivity contribution in [2.24, 2.45) is 0 Å². The Kier molecular flexibility index (Phi) is 7.83. The monoisotopic (exact) mass is 383 g/mol. The van der Waals surface area contributed by atoms with Crippen LogP contribution < -0.4 is 24.8 Å². The number of fused-ring (bicyclic) bond motifs is 3. The molecular formula is C15H15Cl2SiZr. The molecule has 0 amide bonds. The van der Waals surface area contributed by atoms with E-state index in [1.165, 1.54) is 11.1 Å². The van der Waals surface area contributed by atoms with Gasteiger partial charge in [0.1, 0.15) is 0 Å². The van der Waals surface area contributed by atoms with Crippen LogP contribution in [0.25, 0.3) is 11.1 Å². The van der Waals surface area contributed by atoms with Crippen LogP contribution in [0.4, 0.5) is 0 Å². The molecule has 1 aliphatic rings. The second-order valence-electron chi connectivity index (χ2n) is 4.68. The van der Waals surface area contributed by atoms with E-state index in [1.807, 2.05) is 0 Å². The van der Waals surface area contributed by atoms with Crippen LogP contribution in [0.1, 0.15) is 16.7 Å². The fraction of sp³-hybridized carbons (Fsp3) is 0.200. The number of benzene rings is 2. The van der Waals surface area contributed by atoms with Gasteiger partial charge in [0.15, 0.2) is 0 Å². The van der Waals surface area contributed by atoms with Gasteiger partial charge in [-0.2, -0.15) is 0 Å². The molecule has 0 atom stereocenters. The average Bonchev–Trinajstić information content (AvgIpc) is 2.63. The number of halogens is 2. The van der Waals surface area contributed by atoms with Crippen molar-refractivity contribution >= 4 is 8.80 Å². The Morgan fingerprint density at radius 3 is 1.47 bits per heavy atom. The minimum absolute atomic E-state index is 0. The molecule has 1 aliphatic carbocycles. The quantitative estimate of drug-likeness (QED) is 0.503. The third-order valence-corrected chi connectivity index (χ3v) is 5.19. The number of hydrogen-bond acceptors (Lipinski definition) is 0. The van der Waals surface area contributed by atoms with Gasteiger partial charge >= 0.3 is 26.2 Å². The van der Waals surface area contributed by atoms with Gasteiger partial charge < -0.3 is 24.8 Å². The summed E-state index contributed by atoms with van der Waals surface area (Å²) in [5, 5.41) is 0. The van der Waals surface area contributed by atoms with Crippen molar-refractivity contribution in [3.05, 3.63) is 59.7 Å². The molecule has 3 rings (SSSR count). The van der Waals surface area contributed by atoms with E-state index in [2.05, 4.69) is 61.6 Å². The Morgan fingerprint density at radius 2 is 1.11 bits per heavy atom. The Morgan fingerprint density at radius 1 is 0.737 bits per heavy atom. The average molecular weight is 386 g/mol. The normalized spacial score (nSPS) is 11.7. The van der Waals surface area contributed by atoms with Gasteiger partial charge in [-0.05, 0) is 22.3 Å². The topological polar surface area (TPSA) is 0 Å². The van der Waals surface area contributed by atoms with Gasteiger partial charge in [-0.3, -0.25) is 0 Å². The first kappa shape index (κ1) is 19.1. The van der Waals surface area contributed by atoms with E-state index in [0.717, 1.165) is 0 Å². The summed E-state index contributed by atoms with van der Waals surface area (Å²) in [6, 6.07) is 17.8. The molecule has 0 unspecified atom stereocenters. The van der Waals surface area contributed by atoms with Gasteiger partial charge in [0, 0.05) is 5.54 Å². The van der Waals surface area contributed by atoms with Crippen molar-refractivity contribution in [2.45, 2.75) is 18.6 Å². The van der Waals surface area contributed by atoms with Crippen molar-refractivity contribution in [1.82, 2.24) is 0 Å². The van der Waals surface area contributed by atoms with E-state index in [1.54, 1.807) is 11.1 Å². The molecule has 19 heavy (non-hydrogen) atoms. The SMILES string of the molecule is C[Si](C)C1c2ccccc2-c2ccccc21.[Cl-].[Cl-].[Zr+2]. The molecule has 0 heterocycles. The summed E-state index contributed by atoms with van der Waals surface area (Å²) in [7, 11) is -0.336. The molecule has 0 N–H and O–H groups in total. The number of hydrogen-bond donors (Lipinski definition) is 0. The zero-order valence-electron chi connectivity index (χ0n) is 11.0. The summed E-state index contributed by atoms with van der Waals surface area (Å²) in [4.78, 5) is 0. The Balaban J connectivity index is 0.00000108. The minimum atomic E-state index is -0.336. The first-order valence-electron chi connectivity index (χ1n) is 5.77. The largest absolute Gasteiger partial charge is 2.00 e. The molecule has 0 saturated carbocycles. The van der Waals surface area contributed by atoms with Crippen LogP contribution in [0.3, 0.4) is 0 Å². The zero-order valence-corrected chi connectivity index (χ0v) is 15.9. The molecule has 0 fully saturated rings. The molecule has 2 aromatic rings. The molecule has 2 aromatic carbocycles. The summed E-state index contributed by atoms with van der Waals surface area (Å²) < 4.78 is 0. The second kappa shape index (κ2) is 7.78. The van der Waals surface area contributed by atoms with E-state index < -0.39 is 0 Å². The van der Waals surface area contributed by atoms with Crippen molar-refractivity contribution in [2.75, 3.05) is 0 Å². The molecule has 0 saturated heterocycles. The van der Waals surface area contributed by atoms with Gasteiger partial charge in [-0.1, -0.05) is 61.6 Å². The number of rotatable bonds is 1. The van der Waals surface area contributed by atoms with Crippen LogP contribution >= 0.6 is 0 Å². The third-order valence-electron chi connectivity index (χ3n) is 3.41. The first-order chi connectivity index (χ1) is 7.79. The summed E-state index contributed by atoms with van der Waals surface area (Å²) in [6.07, 6.45) is 0. The molecule has 97 valence electrons. The van der Waals surface area contributed by atoms with Crippen LogP contribution in [0, 0.1) is 0 Å². The van der Waals surface area contributed by atoms with Gasteiger partial charge in [-0.15, -0.1) is 0 Å². The molecule has 0 aliphatic heterocycles. The predicted molar refractivity (Wildman–Crippen MR) is 71.2 cm³/mol. The standard InChI is InChI=1S/C15H15Si.2ClH.Zr/c1-16(2)15-13-9-5-3-7-11(13)12-8-4-6-10-14(12)15;;;/h3-10,15H,1-2H3;2*1H;/q;;;+2/p-2. The maximum absolute atomic E-state index is 2.41. The fourth-order valence-electron chi connectivity index (χ4n) is 2.78. The molecule has 4 heteroatoms. The van der Waals surface area contributed by atoms with E-state index in [0.29, 0.717) is 5.54 Å². The molecule has 0 bridgehead atoms. The zero-order chi connectivity index (χ0) is 11.1. The van der Waals surface area contributed by atoms with E-state index >= 15 is 0 Å². The Bertz CT molecular complexity index is 498.